The third-order valence-electron chi connectivity index (χ3n) is 0.820. The van der Waals surface area contributed by atoms with E-state index < -0.39 is 9.04 Å². The number of nitrogens with zero attached hydrogens (tertiary/aromatic N) is 1. The summed E-state index contributed by atoms with van der Waals surface area (Å²) in [5, 5.41) is 8.12. The first kappa shape index (κ1) is 6.67. The van der Waals surface area contributed by atoms with E-state index in [1.807, 2.05) is 6.07 Å². The Hall–Kier alpha value is -0.333. The second-order valence-electron chi connectivity index (χ2n) is 1.49. The van der Waals surface area contributed by atoms with E-state index in [-0.39, 0.29) is 5.54 Å². The van der Waals surface area contributed by atoms with Crippen molar-refractivity contribution in [3.05, 3.63) is 0 Å². The Bertz CT molecular complexity index is 86.2. The molecule has 0 aromatic rings. The Balaban J connectivity index is 3.40. The van der Waals surface area contributed by atoms with E-state index in [4.69, 9.17) is 10.1 Å². The van der Waals surface area contributed by atoms with Gasteiger partial charge in [-0.15, -0.1) is 0 Å². The topological polar surface area (TPSA) is 44.0 Å². The lowest BCUT2D eigenvalue weighted by Gasteiger charge is -1.97. The average Bonchev–Trinajstić information content (AvgIpc) is 1.65. The molecule has 0 saturated carbocycles. The summed E-state index contributed by atoms with van der Waals surface area (Å²) in [5.41, 5.74) is -0.134. The summed E-state index contributed by atoms with van der Waals surface area (Å²) in [4.78, 5) is 8.70. The van der Waals surface area contributed by atoms with Crippen LogP contribution in [0.1, 0.15) is 6.92 Å². The second-order valence-corrected chi connectivity index (χ2v) is 3.64. The fraction of sp³-hybridized carbons (Fsp3) is 0.750. The van der Waals surface area contributed by atoms with E-state index in [0.717, 1.165) is 0 Å². The van der Waals surface area contributed by atoms with Crippen molar-refractivity contribution in [3.8, 4) is 6.07 Å². The predicted molar refractivity (Wildman–Crippen MR) is 28.9 cm³/mol. The van der Waals surface area contributed by atoms with Gasteiger partial charge >= 0.3 is 0 Å². The molecule has 0 bridgehead atoms. The summed E-state index contributed by atoms with van der Waals surface area (Å²) in [5.74, 6) is 0. The molecule has 1 N–H and O–H groups in total. The van der Waals surface area contributed by atoms with Crippen molar-refractivity contribution in [3.63, 3.8) is 0 Å². The van der Waals surface area contributed by atoms with Gasteiger partial charge in [0.05, 0.1) is 11.6 Å². The third kappa shape index (κ3) is 2.37. The molecule has 1 atom stereocenters. The molecule has 0 aromatic heterocycles. The Morgan fingerprint density at radius 1 is 1.86 bits per heavy atom. The molecule has 0 spiro atoms. The molecule has 0 heterocycles. The molecule has 0 fully saturated rings. The van der Waals surface area contributed by atoms with Crippen LogP contribution in [0.2, 0.25) is 12.1 Å². The van der Waals surface area contributed by atoms with Crippen LogP contribution in [0.15, 0.2) is 0 Å². The van der Waals surface area contributed by atoms with Crippen LogP contribution < -0.4 is 0 Å². The SMILES string of the molecule is CC(C#N)[Si](C)O. The standard InChI is InChI=1S/C4H8NOSi/c1-4(3-5)7(2)6/h4,6H,1-2H3. The first-order valence-electron chi connectivity index (χ1n) is 2.10. The van der Waals surface area contributed by atoms with Crippen LogP contribution in [0.3, 0.4) is 0 Å². The minimum atomic E-state index is -1.32. The van der Waals surface area contributed by atoms with E-state index in [2.05, 4.69) is 0 Å². The lowest BCUT2D eigenvalue weighted by Crippen LogP contribution is -2.10. The van der Waals surface area contributed by atoms with Gasteiger partial charge in [0.2, 0.25) is 9.04 Å². The molecule has 3 heteroatoms. The van der Waals surface area contributed by atoms with Crippen LogP contribution in [0.4, 0.5) is 0 Å². The smallest absolute Gasteiger partial charge is 0.221 e. The molecule has 0 aliphatic rings. The Kier molecular flexibility index (Phi) is 2.64. The summed E-state index contributed by atoms with van der Waals surface area (Å²) in [7, 11) is -1.32. The van der Waals surface area contributed by atoms with Gasteiger partial charge in [-0.1, -0.05) is 0 Å². The predicted octanol–water partition coefficient (Wildman–Crippen LogP) is 0.514. The molecule has 39 valence electrons. The number of rotatable bonds is 1. The summed E-state index contributed by atoms with van der Waals surface area (Å²) in [6.45, 7) is 3.44. The van der Waals surface area contributed by atoms with Gasteiger partial charge in [-0.3, -0.25) is 0 Å². The fourth-order valence-corrected chi connectivity index (χ4v) is 0.280. The highest BCUT2D eigenvalue weighted by molar-refractivity contribution is 6.51. The van der Waals surface area contributed by atoms with Gasteiger partial charge in [0, 0.05) is 0 Å². The second kappa shape index (κ2) is 2.78. The van der Waals surface area contributed by atoms with Crippen LogP contribution in [-0.2, 0) is 0 Å². The van der Waals surface area contributed by atoms with Gasteiger partial charge in [-0.05, 0) is 13.5 Å². The zero-order valence-electron chi connectivity index (χ0n) is 4.47. The maximum atomic E-state index is 8.70. The molecule has 7 heavy (non-hydrogen) atoms. The van der Waals surface area contributed by atoms with Gasteiger partial charge < -0.3 is 4.80 Å². The number of nitriles is 1. The molecule has 0 rings (SSSR count). The van der Waals surface area contributed by atoms with Crippen LogP contribution >= 0.6 is 0 Å². The van der Waals surface area contributed by atoms with E-state index in [0.29, 0.717) is 0 Å². The molecule has 0 aromatic carbocycles. The summed E-state index contributed by atoms with van der Waals surface area (Å²) >= 11 is 0. The molecule has 1 unspecified atom stereocenters. The van der Waals surface area contributed by atoms with Gasteiger partial charge in [0.1, 0.15) is 0 Å². The van der Waals surface area contributed by atoms with E-state index in [1.54, 1.807) is 13.5 Å². The Labute approximate surface area is 45.1 Å². The summed E-state index contributed by atoms with van der Waals surface area (Å²) < 4.78 is 0. The molecular weight excluding hydrogens is 106 g/mol. The minimum absolute atomic E-state index is 0.134. The molecule has 0 aliphatic heterocycles. The lowest BCUT2D eigenvalue weighted by atomic mass is 10.5. The number of hydrogen-bond donors (Lipinski definition) is 1. The highest BCUT2D eigenvalue weighted by atomic mass is 28.3. The average molecular weight is 114 g/mol. The Morgan fingerprint density at radius 2 is 2.29 bits per heavy atom. The van der Waals surface area contributed by atoms with Crippen molar-refractivity contribution in [1.29, 1.82) is 5.26 Å². The molecular formula is C4H8NOSi. The molecule has 0 aliphatic carbocycles. The van der Waals surface area contributed by atoms with Crippen LogP contribution in [0.25, 0.3) is 0 Å². The molecule has 2 nitrogen and oxygen atoms in total. The van der Waals surface area contributed by atoms with Crippen LogP contribution in [-0.4, -0.2) is 13.8 Å². The van der Waals surface area contributed by atoms with Crippen molar-refractivity contribution in [2.75, 3.05) is 0 Å². The van der Waals surface area contributed by atoms with Gasteiger partial charge in [0.15, 0.2) is 0 Å². The highest BCUT2D eigenvalue weighted by Crippen LogP contribution is 2.01. The number of hydrogen-bond acceptors (Lipinski definition) is 2. The third-order valence-corrected chi connectivity index (χ3v) is 2.20. The lowest BCUT2D eigenvalue weighted by molar-refractivity contribution is 0.570. The van der Waals surface area contributed by atoms with Gasteiger partial charge in [0.25, 0.3) is 0 Å². The van der Waals surface area contributed by atoms with Crippen LogP contribution in [0.5, 0.6) is 0 Å². The zero-order valence-corrected chi connectivity index (χ0v) is 5.47. The minimum Gasteiger partial charge on any atom is -0.430 e. The van der Waals surface area contributed by atoms with Crippen molar-refractivity contribution in [2.24, 2.45) is 0 Å². The first-order valence-corrected chi connectivity index (χ1v) is 4.13. The fourth-order valence-electron chi connectivity index (χ4n) is 0.0934. The van der Waals surface area contributed by atoms with E-state index >= 15 is 0 Å². The summed E-state index contributed by atoms with van der Waals surface area (Å²) in [6.07, 6.45) is 0. The zero-order chi connectivity index (χ0) is 5.86. The maximum Gasteiger partial charge on any atom is 0.221 e. The van der Waals surface area contributed by atoms with Crippen LogP contribution in [0, 0.1) is 11.3 Å². The quantitative estimate of drug-likeness (QED) is 0.505. The highest BCUT2D eigenvalue weighted by Gasteiger charge is 2.08. The van der Waals surface area contributed by atoms with Gasteiger partial charge in [-0.2, -0.15) is 5.26 Å². The normalized spacial score (nSPS) is 13.6. The first-order chi connectivity index (χ1) is 3.18. The Morgan fingerprint density at radius 3 is 2.29 bits per heavy atom. The monoisotopic (exact) mass is 114 g/mol. The van der Waals surface area contributed by atoms with E-state index in [1.165, 1.54) is 0 Å². The van der Waals surface area contributed by atoms with Crippen molar-refractivity contribution < 1.29 is 4.80 Å². The van der Waals surface area contributed by atoms with Gasteiger partial charge in [-0.25, -0.2) is 0 Å². The largest absolute Gasteiger partial charge is 0.430 e. The maximum absolute atomic E-state index is 8.70. The molecule has 0 amide bonds. The summed E-state index contributed by atoms with van der Waals surface area (Å²) in [6, 6.07) is 1.96. The van der Waals surface area contributed by atoms with Crippen molar-refractivity contribution in [1.82, 2.24) is 0 Å². The van der Waals surface area contributed by atoms with Crippen molar-refractivity contribution in [2.45, 2.75) is 19.0 Å². The van der Waals surface area contributed by atoms with Crippen molar-refractivity contribution >= 4 is 9.04 Å². The molecule has 1 radical (unpaired) electrons. The molecule has 0 saturated heterocycles. The van der Waals surface area contributed by atoms with E-state index in [9.17, 15) is 0 Å².